The summed E-state index contributed by atoms with van der Waals surface area (Å²) in [6.45, 7) is 5.41. The molecule has 7 heteroatoms. The highest BCUT2D eigenvalue weighted by Crippen LogP contribution is 2.28. The normalized spacial score (nSPS) is 11.7. The Morgan fingerprint density at radius 1 is 1.22 bits per heavy atom. The van der Waals surface area contributed by atoms with Crippen molar-refractivity contribution in [3.63, 3.8) is 0 Å². The highest BCUT2D eigenvalue weighted by atomic mass is 35.5. The molecule has 6 nitrogen and oxygen atoms in total. The number of fused-ring (bicyclic) bond motifs is 1. The van der Waals surface area contributed by atoms with Gasteiger partial charge in [0.05, 0.1) is 11.7 Å². The number of aromatic nitrogens is 4. The van der Waals surface area contributed by atoms with Crippen molar-refractivity contribution in [1.29, 1.82) is 0 Å². The lowest BCUT2D eigenvalue weighted by Crippen LogP contribution is -2.27. The topological polar surface area (TPSA) is 69.9 Å². The van der Waals surface area contributed by atoms with Crippen LogP contribution >= 0.6 is 11.6 Å². The van der Waals surface area contributed by atoms with Crippen molar-refractivity contribution in [2.45, 2.75) is 26.4 Å². The van der Waals surface area contributed by atoms with Crippen molar-refractivity contribution in [2.75, 3.05) is 0 Å². The number of rotatable bonds is 1. The molecule has 3 heterocycles. The second-order valence-corrected chi connectivity index (χ2v) is 6.39. The van der Waals surface area contributed by atoms with Crippen LogP contribution in [0.1, 0.15) is 20.8 Å². The minimum Gasteiger partial charge on any atom is -0.442 e. The minimum absolute atomic E-state index is 0.395. The number of carbonyl (C=O) groups excluding carboxylic acids is 1. The molecule has 118 valence electrons. The molecule has 0 aliphatic carbocycles. The predicted octanol–water partition coefficient (Wildman–Crippen LogP) is 3.93. The zero-order valence-electron chi connectivity index (χ0n) is 12.9. The van der Waals surface area contributed by atoms with Crippen LogP contribution in [-0.2, 0) is 4.74 Å². The SMILES string of the molecule is CC(C)(C)OC(=O)n1nc(-c2ccc(Cl)nc2)c2ccncc21. The van der Waals surface area contributed by atoms with Crippen LogP contribution < -0.4 is 0 Å². The number of carbonyl (C=O) groups is 1. The Kier molecular flexibility index (Phi) is 3.77. The zero-order valence-corrected chi connectivity index (χ0v) is 13.7. The van der Waals surface area contributed by atoms with Gasteiger partial charge in [-0.05, 0) is 39.0 Å². The van der Waals surface area contributed by atoms with E-state index >= 15 is 0 Å². The summed E-state index contributed by atoms with van der Waals surface area (Å²) in [5.41, 5.74) is 1.34. The first-order chi connectivity index (χ1) is 10.8. The Labute approximate surface area is 138 Å². The summed E-state index contributed by atoms with van der Waals surface area (Å²) in [4.78, 5) is 20.5. The molecule has 0 bridgehead atoms. The standard InChI is InChI=1S/C16H15ClN4O2/c1-16(2,3)23-15(22)21-12-9-18-7-6-11(12)14(20-21)10-4-5-13(17)19-8-10/h4-9H,1-3H3. The van der Waals surface area contributed by atoms with Crippen LogP contribution in [0.3, 0.4) is 0 Å². The van der Waals surface area contributed by atoms with E-state index in [2.05, 4.69) is 15.1 Å². The summed E-state index contributed by atoms with van der Waals surface area (Å²) in [5, 5.41) is 5.57. The van der Waals surface area contributed by atoms with E-state index in [-0.39, 0.29) is 0 Å². The van der Waals surface area contributed by atoms with Gasteiger partial charge in [-0.1, -0.05) is 11.6 Å². The minimum atomic E-state index is -0.612. The Morgan fingerprint density at radius 2 is 2.00 bits per heavy atom. The van der Waals surface area contributed by atoms with Crippen LogP contribution in [0.5, 0.6) is 0 Å². The Morgan fingerprint density at radius 3 is 2.65 bits per heavy atom. The van der Waals surface area contributed by atoms with Crippen LogP contribution in [0.15, 0.2) is 36.8 Å². The summed E-state index contributed by atoms with van der Waals surface area (Å²) >= 11 is 5.82. The molecule has 0 saturated heterocycles. The van der Waals surface area contributed by atoms with Gasteiger partial charge < -0.3 is 4.74 Å². The predicted molar refractivity (Wildman–Crippen MR) is 87.4 cm³/mol. The first kappa shape index (κ1) is 15.4. The lowest BCUT2D eigenvalue weighted by atomic mass is 10.1. The van der Waals surface area contributed by atoms with Crippen molar-refractivity contribution in [3.05, 3.63) is 41.9 Å². The highest BCUT2D eigenvalue weighted by Gasteiger charge is 2.22. The average molecular weight is 331 g/mol. The van der Waals surface area contributed by atoms with Crippen LogP contribution in [0.4, 0.5) is 4.79 Å². The summed E-state index contributed by atoms with van der Waals surface area (Å²) in [7, 11) is 0. The number of hydrogen-bond donors (Lipinski definition) is 0. The van der Waals surface area contributed by atoms with E-state index in [1.165, 1.54) is 4.68 Å². The second kappa shape index (κ2) is 5.62. The largest absolute Gasteiger partial charge is 0.442 e. The van der Waals surface area contributed by atoms with E-state index in [1.54, 1.807) is 57.6 Å². The molecule has 0 aromatic carbocycles. The number of hydrogen-bond acceptors (Lipinski definition) is 5. The third kappa shape index (κ3) is 3.17. The quantitative estimate of drug-likeness (QED) is 0.632. The lowest BCUT2D eigenvalue weighted by molar-refractivity contribution is 0.0523. The highest BCUT2D eigenvalue weighted by molar-refractivity contribution is 6.29. The average Bonchev–Trinajstić information content (AvgIpc) is 2.86. The molecular formula is C16H15ClN4O2. The molecule has 0 N–H and O–H groups in total. The maximum atomic E-state index is 12.4. The molecular weight excluding hydrogens is 316 g/mol. The van der Waals surface area contributed by atoms with E-state index in [9.17, 15) is 4.79 Å². The summed E-state index contributed by atoms with van der Waals surface area (Å²) in [6.07, 6.45) is 4.29. The van der Waals surface area contributed by atoms with Gasteiger partial charge in [0.15, 0.2) is 0 Å². The van der Waals surface area contributed by atoms with Crippen LogP contribution in [0.2, 0.25) is 5.15 Å². The fourth-order valence-corrected chi connectivity index (χ4v) is 2.25. The van der Waals surface area contributed by atoms with Gasteiger partial charge in [-0.2, -0.15) is 9.78 Å². The Balaban J connectivity index is 2.14. The Bertz CT molecular complexity index is 866. The van der Waals surface area contributed by atoms with Crippen molar-refractivity contribution >= 4 is 28.6 Å². The molecule has 0 saturated carbocycles. The molecule has 0 atom stereocenters. The summed E-state index contributed by atoms with van der Waals surface area (Å²) in [6, 6.07) is 5.28. The molecule has 3 aromatic rings. The number of ether oxygens (including phenoxy) is 1. The molecule has 0 unspecified atom stereocenters. The zero-order chi connectivity index (χ0) is 16.6. The van der Waals surface area contributed by atoms with Gasteiger partial charge in [0, 0.05) is 23.3 Å². The van der Waals surface area contributed by atoms with Gasteiger partial charge in [-0.15, -0.1) is 0 Å². The van der Waals surface area contributed by atoms with Crippen LogP contribution in [-0.4, -0.2) is 31.4 Å². The molecule has 0 spiro atoms. The summed E-state index contributed by atoms with van der Waals surface area (Å²) in [5.74, 6) is 0. The van der Waals surface area contributed by atoms with Gasteiger partial charge >= 0.3 is 6.09 Å². The second-order valence-electron chi connectivity index (χ2n) is 6.00. The molecule has 0 radical (unpaired) electrons. The van der Waals surface area contributed by atoms with E-state index in [0.29, 0.717) is 16.4 Å². The van der Waals surface area contributed by atoms with E-state index in [1.807, 2.05) is 0 Å². The van der Waals surface area contributed by atoms with E-state index in [4.69, 9.17) is 16.3 Å². The van der Waals surface area contributed by atoms with Gasteiger partial charge in [0.25, 0.3) is 0 Å². The van der Waals surface area contributed by atoms with Gasteiger partial charge in [0.1, 0.15) is 16.4 Å². The monoisotopic (exact) mass is 330 g/mol. The summed E-state index contributed by atoms with van der Waals surface area (Å²) < 4.78 is 6.62. The molecule has 0 aliphatic rings. The van der Waals surface area contributed by atoms with E-state index in [0.717, 1.165) is 10.9 Å². The van der Waals surface area contributed by atoms with Gasteiger partial charge in [0.2, 0.25) is 0 Å². The molecule has 23 heavy (non-hydrogen) atoms. The Hall–Kier alpha value is -2.47. The van der Waals surface area contributed by atoms with Crippen LogP contribution in [0, 0.1) is 0 Å². The fourth-order valence-electron chi connectivity index (χ4n) is 2.14. The molecule has 3 rings (SSSR count). The molecule has 0 fully saturated rings. The fraction of sp³-hybridized carbons (Fsp3) is 0.250. The maximum absolute atomic E-state index is 12.4. The third-order valence-corrected chi connectivity index (χ3v) is 3.27. The molecule has 3 aromatic heterocycles. The first-order valence-electron chi connectivity index (χ1n) is 7.03. The molecule has 0 aliphatic heterocycles. The first-order valence-corrected chi connectivity index (χ1v) is 7.41. The van der Waals surface area contributed by atoms with Gasteiger partial charge in [-0.25, -0.2) is 9.78 Å². The maximum Gasteiger partial charge on any atom is 0.435 e. The molecule has 0 amide bonds. The van der Waals surface area contributed by atoms with Crippen molar-refractivity contribution in [3.8, 4) is 11.3 Å². The van der Waals surface area contributed by atoms with E-state index < -0.39 is 11.7 Å². The van der Waals surface area contributed by atoms with Gasteiger partial charge in [-0.3, -0.25) is 4.98 Å². The smallest absolute Gasteiger partial charge is 0.435 e. The number of pyridine rings is 2. The third-order valence-electron chi connectivity index (χ3n) is 3.05. The van der Waals surface area contributed by atoms with Crippen molar-refractivity contribution in [1.82, 2.24) is 19.7 Å². The van der Waals surface area contributed by atoms with Crippen molar-refractivity contribution in [2.24, 2.45) is 0 Å². The van der Waals surface area contributed by atoms with Crippen LogP contribution in [0.25, 0.3) is 22.2 Å². The van der Waals surface area contributed by atoms with Crippen molar-refractivity contribution < 1.29 is 9.53 Å². The lowest BCUT2D eigenvalue weighted by Gasteiger charge is -2.19. The number of halogens is 1. The number of nitrogens with zero attached hydrogens (tertiary/aromatic N) is 4.